The Hall–Kier alpha value is -3.11. The van der Waals surface area contributed by atoms with Gasteiger partial charge in [-0.1, -0.05) is 92.6 Å². The van der Waals surface area contributed by atoms with Gasteiger partial charge in [0.1, 0.15) is 5.75 Å². The smallest absolute Gasteiger partial charge is 0.222 e. The monoisotopic (exact) mass is 592 g/mol. The highest BCUT2D eigenvalue weighted by atomic mass is 35.5. The van der Waals surface area contributed by atoms with Gasteiger partial charge in [0.15, 0.2) is 0 Å². The van der Waals surface area contributed by atoms with Crippen molar-refractivity contribution in [2.75, 3.05) is 20.2 Å². The van der Waals surface area contributed by atoms with Gasteiger partial charge in [-0.2, -0.15) is 0 Å². The van der Waals surface area contributed by atoms with Crippen LogP contribution in [0.25, 0.3) is 33.2 Å². The standard InChI is InChI=1S/C29H29ClN2O2.4C2H6/c1-4-28(33)32-11-9-20(10-12-32)29-25-15-21(22-13-23(30)16-24(14-22)34-3)7-8-27(25)31-17-26(29)18(2)19-5-6-19;4*1-2/h7-9,13-17,19H,2,4-6,10-12H2,1,3H3;4*1-2H3. The van der Waals surface area contributed by atoms with E-state index in [2.05, 4.69) is 30.9 Å². The summed E-state index contributed by atoms with van der Waals surface area (Å²) < 4.78 is 5.44. The van der Waals surface area contributed by atoms with E-state index in [0.29, 0.717) is 23.9 Å². The van der Waals surface area contributed by atoms with E-state index in [4.69, 9.17) is 21.3 Å². The fourth-order valence-corrected chi connectivity index (χ4v) is 5.03. The fourth-order valence-electron chi connectivity index (χ4n) is 4.81. The second-order valence-corrected chi connectivity index (χ2v) is 9.57. The first-order chi connectivity index (χ1) is 20.5. The summed E-state index contributed by atoms with van der Waals surface area (Å²) in [5.41, 5.74) is 7.80. The molecule has 0 atom stereocenters. The first kappa shape index (κ1) is 36.9. The summed E-state index contributed by atoms with van der Waals surface area (Å²) in [4.78, 5) is 19.0. The van der Waals surface area contributed by atoms with Crippen molar-refractivity contribution >= 4 is 39.6 Å². The first-order valence-corrected chi connectivity index (χ1v) is 16.3. The van der Waals surface area contributed by atoms with Gasteiger partial charge in [0.2, 0.25) is 5.91 Å². The number of allylic oxidation sites excluding steroid dienone is 1. The lowest BCUT2D eigenvalue weighted by Gasteiger charge is -2.28. The number of rotatable bonds is 6. The number of amides is 1. The van der Waals surface area contributed by atoms with Crippen LogP contribution in [0.2, 0.25) is 5.02 Å². The number of hydrogen-bond acceptors (Lipinski definition) is 3. The van der Waals surface area contributed by atoms with Crippen LogP contribution >= 0.6 is 11.6 Å². The normalized spacial score (nSPS) is 13.4. The summed E-state index contributed by atoms with van der Waals surface area (Å²) in [6, 6.07) is 12.1. The van der Waals surface area contributed by atoms with E-state index >= 15 is 0 Å². The minimum absolute atomic E-state index is 0.203. The number of hydrogen-bond donors (Lipinski definition) is 0. The fraction of sp³-hybridized carbons (Fsp3) is 0.459. The number of ether oxygens (including phenoxy) is 1. The molecule has 5 rings (SSSR count). The highest BCUT2D eigenvalue weighted by molar-refractivity contribution is 6.31. The zero-order valence-electron chi connectivity index (χ0n) is 27.7. The molecule has 3 aromatic rings. The Bertz CT molecular complexity index is 1320. The molecule has 0 radical (unpaired) electrons. The van der Waals surface area contributed by atoms with Crippen molar-refractivity contribution in [1.29, 1.82) is 0 Å². The minimum atomic E-state index is 0.203. The Kier molecular flexibility index (Phi) is 16.8. The van der Waals surface area contributed by atoms with Gasteiger partial charge >= 0.3 is 0 Å². The summed E-state index contributed by atoms with van der Waals surface area (Å²) in [5, 5.41) is 1.75. The molecule has 0 spiro atoms. The van der Waals surface area contributed by atoms with E-state index in [1.807, 2.05) is 91.6 Å². The molecule has 4 nitrogen and oxygen atoms in total. The molecule has 0 bridgehead atoms. The second-order valence-electron chi connectivity index (χ2n) is 9.13. The number of methoxy groups -OCH3 is 1. The van der Waals surface area contributed by atoms with Gasteiger partial charge in [-0.3, -0.25) is 9.78 Å². The average Bonchev–Trinajstić information content (AvgIpc) is 3.93. The van der Waals surface area contributed by atoms with Crippen molar-refractivity contribution in [3.8, 4) is 16.9 Å². The second kappa shape index (κ2) is 19.2. The molecule has 230 valence electrons. The van der Waals surface area contributed by atoms with Crippen LogP contribution in [0.1, 0.15) is 99.1 Å². The van der Waals surface area contributed by atoms with E-state index in [1.165, 1.54) is 29.6 Å². The number of aromatic nitrogens is 1. The molecule has 1 aromatic heterocycles. The summed E-state index contributed by atoms with van der Waals surface area (Å²) in [6.07, 6.45) is 7.95. The van der Waals surface area contributed by atoms with Crippen LogP contribution in [0.5, 0.6) is 5.75 Å². The Labute approximate surface area is 260 Å². The Balaban J connectivity index is 0.00000102. The predicted octanol–water partition coefficient (Wildman–Crippen LogP) is 11.1. The van der Waals surface area contributed by atoms with Gasteiger partial charge in [-0.25, -0.2) is 0 Å². The molecular formula is C37H53ClN2O2. The van der Waals surface area contributed by atoms with Gasteiger partial charge in [-0.15, -0.1) is 0 Å². The largest absolute Gasteiger partial charge is 0.497 e. The SMILES string of the molecule is C=C(c1cnc2ccc(-c3cc(Cl)cc(OC)c3)cc2c1C1=CCN(C(=O)CC)CC1)C1CC1.CC.CC.CC.CC. The summed E-state index contributed by atoms with van der Waals surface area (Å²) >= 11 is 6.36. The molecule has 2 aromatic carbocycles. The van der Waals surface area contributed by atoms with E-state index < -0.39 is 0 Å². The highest BCUT2D eigenvalue weighted by Gasteiger charge is 2.29. The van der Waals surface area contributed by atoms with Crippen molar-refractivity contribution in [2.45, 2.75) is 88.0 Å². The van der Waals surface area contributed by atoms with Crippen molar-refractivity contribution in [3.63, 3.8) is 0 Å². The molecule has 42 heavy (non-hydrogen) atoms. The third-order valence-corrected chi connectivity index (χ3v) is 7.13. The predicted molar refractivity (Wildman–Crippen MR) is 185 cm³/mol. The molecular weight excluding hydrogens is 540 g/mol. The molecule has 0 unspecified atom stereocenters. The molecule has 1 amide bonds. The molecule has 1 aliphatic heterocycles. The number of fused-ring (bicyclic) bond motifs is 1. The zero-order chi connectivity index (χ0) is 31.8. The van der Waals surface area contributed by atoms with Crippen LogP contribution in [-0.4, -0.2) is 36.0 Å². The summed E-state index contributed by atoms with van der Waals surface area (Å²) in [7, 11) is 1.65. The van der Waals surface area contributed by atoms with Gasteiger partial charge in [0, 0.05) is 41.7 Å². The van der Waals surface area contributed by atoms with E-state index in [-0.39, 0.29) is 5.91 Å². The zero-order valence-corrected chi connectivity index (χ0v) is 28.5. The van der Waals surface area contributed by atoms with Crippen molar-refractivity contribution in [2.24, 2.45) is 5.92 Å². The first-order valence-electron chi connectivity index (χ1n) is 15.9. The number of carbonyl (C=O) groups excluding carboxylic acids is 1. The molecule has 1 saturated carbocycles. The maximum atomic E-state index is 12.2. The van der Waals surface area contributed by atoms with Crippen molar-refractivity contribution in [1.82, 2.24) is 9.88 Å². The van der Waals surface area contributed by atoms with E-state index in [9.17, 15) is 4.79 Å². The molecule has 1 aliphatic carbocycles. The average molecular weight is 593 g/mol. The third kappa shape index (κ3) is 9.19. The van der Waals surface area contributed by atoms with Crippen LogP contribution in [0.3, 0.4) is 0 Å². The quantitative estimate of drug-likeness (QED) is 0.286. The van der Waals surface area contributed by atoms with Gasteiger partial charge in [-0.05, 0) is 83.3 Å². The summed E-state index contributed by atoms with van der Waals surface area (Å²) in [5.74, 6) is 1.47. The summed E-state index contributed by atoms with van der Waals surface area (Å²) in [6.45, 7) is 23.8. The van der Waals surface area contributed by atoms with Gasteiger partial charge in [0.25, 0.3) is 0 Å². The number of benzene rings is 2. The Morgan fingerprint density at radius 2 is 1.67 bits per heavy atom. The molecule has 0 N–H and O–H groups in total. The Morgan fingerprint density at radius 3 is 2.21 bits per heavy atom. The van der Waals surface area contributed by atoms with Crippen LogP contribution in [-0.2, 0) is 4.79 Å². The minimum Gasteiger partial charge on any atom is -0.497 e. The lowest BCUT2D eigenvalue weighted by molar-refractivity contribution is -0.130. The van der Waals surface area contributed by atoms with E-state index in [0.717, 1.165) is 46.3 Å². The van der Waals surface area contributed by atoms with Gasteiger partial charge in [0.05, 0.1) is 12.6 Å². The molecule has 2 aliphatic rings. The van der Waals surface area contributed by atoms with Crippen LogP contribution < -0.4 is 4.74 Å². The molecule has 1 fully saturated rings. The maximum Gasteiger partial charge on any atom is 0.222 e. The van der Waals surface area contributed by atoms with Crippen LogP contribution in [0.4, 0.5) is 0 Å². The maximum absolute atomic E-state index is 12.2. The highest BCUT2D eigenvalue weighted by Crippen LogP contribution is 2.45. The number of pyridine rings is 1. The number of halogens is 1. The number of nitrogens with zero attached hydrogens (tertiary/aromatic N) is 2. The third-order valence-electron chi connectivity index (χ3n) is 6.91. The Morgan fingerprint density at radius 1 is 1.00 bits per heavy atom. The van der Waals surface area contributed by atoms with Crippen LogP contribution in [0.15, 0.2) is 55.3 Å². The molecule has 0 saturated heterocycles. The van der Waals surface area contributed by atoms with Crippen molar-refractivity contribution < 1.29 is 9.53 Å². The van der Waals surface area contributed by atoms with E-state index in [1.54, 1.807) is 7.11 Å². The van der Waals surface area contributed by atoms with Crippen LogP contribution in [0, 0.1) is 5.92 Å². The lowest BCUT2D eigenvalue weighted by Crippen LogP contribution is -2.34. The topological polar surface area (TPSA) is 42.4 Å². The molecule has 5 heteroatoms. The lowest BCUT2D eigenvalue weighted by atomic mass is 9.87. The van der Waals surface area contributed by atoms with Crippen molar-refractivity contribution in [3.05, 3.63) is 71.4 Å². The number of carbonyl (C=O) groups is 1. The van der Waals surface area contributed by atoms with Gasteiger partial charge < -0.3 is 9.64 Å². The molecule has 2 heterocycles.